The summed E-state index contributed by atoms with van der Waals surface area (Å²) in [4.78, 5) is 38.6. The number of carbonyl (C=O) groups excluding carboxylic acids is 2. The average Bonchev–Trinajstić information content (AvgIpc) is 3.01. The first-order valence-electron chi connectivity index (χ1n) is 8.25. The summed E-state index contributed by atoms with van der Waals surface area (Å²) in [5.74, 6) is -1.31. The summed E-state index contributed by atoms with van der Waals surface area (Å²) in [6.45, 7) is 1.24. The van der Waals surface area contributed by atoms with Gasteiger partial charge in [0.1, 0.15) is 0 Å². The predicted octanol–water partition coefficient (Wildman–Crippen LogP) is 4.23. The fourth-order valence-electron chi connectivity index (χ4n) is 2.57. The molecule has 0 saturated heterocycles. The van der Waals surface area contributed by atoms with Gasteiger partial charge in [0.15, 0.2) is 6.61 Å². The Morgan fingerprint density at radius 3 is 2.28 bits per heavy atom. The maximum atomic E-state index is 12.2. The van der Waals surface area contributed by atoms with Crippen molar-refractivity contribution in [1.29, 1.82) is 0 Å². The summed E-state index contributed by atoms with van der Waals surface area (Å²) in [6.07, 6.45) is 1.59. The van der Waals surface area contributed by atoms with Crippen molar-refractivity contribution < 1.29 is 14.3 Å². The Hall–Kier alpha value is -2.74. The summed E-state index contributed by atoms with van der Waals surface area (Å²) in [5.41, 5.74) is 1.44. The minimum Gasteiger partial charge on any atom is -0.452 e. The number of aromatic nitrogens is 2. The van der Waals surface area contributed by atoms with Crippen LogP contribution in [-0.2, 0) is 9.53 Å². The largest absolute Gasteiger partial charge is 0.452 e. The molecule has 150 valence electrons. The van der Waals surface area contributed by atoms with Crippen LogP contribution in [0.25, 0.3) is 5.69 Å². The SMILES string of the molecule is Cc1c[nH]c(=O)n1-c1ccc(C(=O)OCC(=O)Nc2c(Cl)cc(Cl)cc2Cl)cc1. The van der Waals surface area contributed by atoms with Gasteiger partial charge < -0.3 is 15.0 Å². The molecule has 0 bridgehead atoms. The van der Waals surface area contributed by atoms with Gasteiger partial charge in [-0.05, 0) is 43.3 Å². The molecule has 0 radical (unpaired) electrons. The van der Waals surface area contributed by atoms with E-state index in [1.807, 2.05) is 0 Å². The first-order valence-corrected chi connectivity index (χ1v) is 9.38. The van der Waals surface area contributed by atoms with E-state index in [1.54, 1.807) is 25.3 Å². The van der Waals surface area contributed by atoms with Gasteiger partial charge in [-0.3, -0.25) is 9.36 Å². The normalized spacial score (nSPS) is 10.6. The molecule has 7 nitrogen and oxygen atoms in total. The lowest BCUT2D eigenvalue weighted by atomic mass is 10.2. The number of halogens is 3. The van der Waals surface area contributed by atoms with Crippen molar-refractivity contribution in [2.45, 2.75) is 6.92 Å². The number of ether oxygens (including phenoxy) is 1. The molecule has 2 aromatic carbocycles. The van der Waals surface area contributed by atoms with E-state index in [0.717, 1.165) is 5.69 Å². The first kappa shape index (κ1) is 21.0. The standard InChI is InChI=1S/C19H14Cl3N3O4/c1-10-8-23-19(28)25(10)13-4-2-11(3-5-13)18(27)29-9-16(26)24-17-14(21)6-12(20)7-15(17)22/h2-8H,9H2,1H3,(H,23,28)(H,24,26). The van der Waals surface area contributed by atoms with Crippen LogP contribution in [0.1, 0.15) is 16.1 Å². The topological polar surface area (TPSA) is 93.2 Å². The Morgan fingerprint density at radius 1 is 1.10 bits per heavy atom. The molecule has 3 aromatic rings. The molecule has 2 N–H and O–H groups in total. The Kier molecular flexibility index (Phi) is 6.32. The fraction of sp³-hybridized carbons (Fsp3) is 0.105. The zero-order valence-electron chi connectivity index (χ0n) is 15.0. The maximum absolute atomic E-state index is 12.2. The van der Waals surface area contributed by atoms with E-state index < -0.39 is 18.5 Å². The second kappa shape index (κ2) is 8.73. The maximum Gasteiger partial charge on any atom is 0.338 e. The van der Waals surface area contributed by atoms with Crippen molar-refractivity contribution in [2.75, 3.05) is 11.9 Å². The van der Waals surface area contributed by atoms with Crippen molar-refractivity contribution in [3.8, 4) is 5.69 Å². The highest BCUT2D eigenvalue weighted by Crippen LogP contribution is 2.33. The number of aromatic amines is 1. The van der Waals surface area contributed by atoms with Gasteiger partial charge in [-0.15, -0.1) is 0 Å². The average molecular weight is 455 g/mol. The third-order valence-corrected chi connectivity index (χ3v) is 4.74. The minimum atomic E-state index is -0.696. The van der Waals surface area contributed by atoms with E-state index in [2.05, 4.69) is 10.3 Å². The number of hydrogen-bond donors (Lipinski definition) is 2. The number of nitrogens with one attached hydrogen (secondary N) is 2. The van der Waals surface area contributed by atoms with Crippen LogP contribution < -0.4 is 11.0 Å². The molecule has 0 saturated carbocycles. The minimum absolute atomic E-state index is 0.160. The third-order valence-electron chi connectivity index (χ3n) is 3.93. The van der Waals surface area contributed by atoms with Gasteiger partial charge in [0.2, 0.25) is 0 Å². The number of benzene rings is 2. The van der Waals surface area contributed by atoms with Gasteiger partial charge in [-0.2, -0.15) is 0 Å². The second-order valence-electron chi connectivity index (χ2n) is 5.99. The predicted molar refractivity (Wildman–Crippen MR) is 112 cm³/mol. The molecule has 0 spiro atoms. The molecular weight excluding hydrogens is 441 g/mol. The van der Waals surface area contributed by atoms with E-state index in [-0.39, 0.29) is 27.0 Å². The van der Waals surface area contributed by atoms with Gasteiger partial charge in [0, 0.05) is 16.9 Å². The van der Waals surface area contributed by atoms with Crippen LogP contribution in [-0.4, -0.2) is 28.0 Å². The number of nitrogens with zero attached hydrogens (tertiary/aromatic N) is 1. The molecule has 1 heterocycles. The molecule has 0 atom stereocenters. The Balaban J connectivity index is 1.62. The van der Waals surface area contributed by atoms with Crippen molar-refractivity contribution in [3.63, 3.8) is 0 Å². The number of H-pyrrole nitrogens is 1. The van der Waals surface area contributed by atoms with E-state index in [0.29, 0.717) is 10.7 Å². The molecule has 0 fully saturated rings. The Labute approximate surface area is 180 Å². The van der Waals surface area contributed by atoms with Crippen LogP contribution in [0.15, 0.2) is 47.4 Å². The van der Waals surface area contributed by atoms with E-state index >= 15 is 0 Å². The smallest absolute Gasteiger partial charge is 0.338 e. The Bertz CT molecular complexity index is 1110. The van der Waals surface area contributed by atoms with E-state index in [1.165, 1.54) is 28.8 Å². The zero-order chi connectivity index (χ0) is 21.1. The van der Waals surface area contributed by atoms with Crippen LogP contribution in [0, 0.1) is 6.92 Å². The molecule has 10 heteroatoms. The molecule has 29 heavy (non-hydrogen) atoms. The molecule has 1 amide bonds. The number of hydrogen-bond acceptors (Lipinski definition) is 4. The van der Waals surface area contributed by atoms with Crippen LogP contribution >= 0.6 is 34.8 Å². The number of esters is 1. The highest BCUT2D eigenvalue weighted by Gasteiger charge is 2.15. The first-order chi connectivity index (χ1) is 13.8. The molecule has 1 aromatic heterocycles. The van der Waals surface area contributed by atoms with E-state index in [9.17, 15) is 14.4 Å². The summed E-state index contributed by atoms with van der Waals surface area (Å²) in [6, 6.07) is 9.06. The van der Waals surface area contributed by atoms with Gasteiger partial charge in [0.05, 0.1) is 27.0 Å². The number of rotatable bonds is 5. The lowest BCUT2D eigenvalue weighted by molar-refractivity contribution is -0.119. The molecule has 0 aliphatic carbocycles. The van der Waals surface area contributed by atoms with E-state index in [4.69, 9.17) is 39.5 Å². The highest BCUT2D eigenvalue weighted by molar-refractivity contribution is 6.42. The number of carbonyl (C=O) groups is 2. The summed E-state index contributed by atoms with van der Waals surface area (Å²) in [5, 5.41) is 3.12. The van der Waals surface area contributed by atoms with Crippen molar-refractivity contribution in [1.82, 2.24) is 9.55 Å². The van der Waals surface area contributed by atoms with Crippen LogP contribution in [0.3, 0.4) is 0 Å². The summed E-state index contributed by atoms with van der Waals surface area (Å²) < 4.78 is 6.47. The summed E-state index contributed by atoms with van der Waals surface area (Å²) in [7, 11) is 0. The van der Waals surface area contributed by atoms with Crippen molar-refractivity contribution in [3.05, 3.63) is 79.4 Å². The van der Waals surface area contributed by atoms with Gasteiger partial charge >= 0.3 is 11.7 Å². The van der Waals surface area contributed by atoms with Crippen molar-refractivity contribution in [2.24, 2.45) is 0 Å². The van der Waals surface area contributed by atoms with Crippen LogP contribution in [0.4, 0.5) is 5.69 Å². The van der Waals surface area contributed by atoms with Gasteiger partial charge in [-0.25, -0.2) is 9.59 Å². The molecular formula is C19H14Cl3N3O4. The molecule has 0 unspecified atom stereocenters. The second-order valence-corrected chi connectivity index (χ2v) is 7.24. The number of aryl methyl sites for hydroxylation is 1. The lowest BCUT2D eigenvalue weighted by Crippen LogP contribution is -2.21. The van der Waals surface area contributed by atoms with Gasteiger partial charge in [-0.1, -0.05) is 34.8 Å². The lowest BCUT2D eigenvalue weighted by Gasteiger charge is -2.10. The zero-order valence-corrected chi connectivity index (χ0v) is 17.2. The summed E-state index contributed by atoms with van der Waals surface area (Å²) >= 11 is 17.8. The van der Waals surface area contributed by atoms with Crippen LogP contribution in [0.2, 0.25) is 15.1 Å². The van der Waals surface area contributed by atoms with Crippen molar-refractivity contribution >= 4 is 52.4 Å². The number of imidazole rings is 1. The third kappa shape index (κ3) is 4.82. The molecule has 3 rings (SSSR count). The quantitative estimate of drug-likeness (QED) is 0.564. The number of amides is 1. The van der Waals surface area contributed by atoms with Crippen LogP contribution in [0.5, 0.6) is 0 Å². The molecule has 0 aliphatic heterocycles. The molecule has 0 aliphatic rings. The monoisotopic (exact) mass is 453 g/mol. The fourth-order valence-corrected chi connectivity index (χ4v) is 3.49. The highest BCUT2D eigenvalue weighted by atomic mass is 35.5. The van der Waals surface area contributed by atoms with Gasteiger partial charge in [0.25, 0.3) is 5.91 Å². The number of anilines is 1. The Morgan fingerprint density at radius 2 is 1.72 bits per heavy atom.